The highest BCUT2D eigenvalue weighted by molar-refractivity contribution is 6.05. The van der Waals surface area contributed by atoms with E-state index in [1.165, 1.54) is 23.1 Å². The van der Waals surface area contributed by atoms with Crippen molar-refractivity contribution in [2.24, 2.45) is 0 Å². The standard InChI is InChI=1S/C31H37N3O4/c1-21-9-11-27-25(18-21)31(20-38-27)13-16-33(17-14-31)15-4-2-3-6-22-7-5-8-23-24(22)19-34(30(23)37)26-10-12-28(35)32-29(26)36/h5,7-9,11,18,26H,2-4,6,10,12-17,19-20H2,1H3,(H,32,35,36). The number of ether oxygens (including phenoxy) is 1. The van der Waals surface area contributed by atoms with Crippen LogP contribution in [-0.4, -0.2) is 59.8 Å². The number of carbonyl (C=O) groups is 3. The summed E-state index contributed by atoms with van der Waals surface area (Å²) in [6.45, 7) is 6.83. The van der Waals surface area contributed by atoms with Crippen molar-refractivity contribution in [2.45, 2.75) is 76.3 Å². The van der Waals surface area contributed by atoms with Crippen molar-refractivity contribution >= 4 is 17.7 Å². The third-order valence-corrected chi connectivity index (χ3v) is 9.12. The second-order valence-electron chi connectivity index (χ2n) is 11.6. The SMILES string of the molecule is Cc1ccc2c(c1)C1(CCN(CCCCCc3cccc4c3CN(C3CCC(=O)NC3=O)C4=O)CC1)CO2. The molecule has 4 aliphatic rings. The molecule has 0 bridgehead atoms. The number of nitrogens with one attached hydrogen (secondary N) is 1. The summed E-state index contributed by atoms with van der Waals surface area (Å²) in [7, 11) is 0. The van der Waals surface area contributed by atoms with Gasteiger partial charge in [-0.2, -0.15) is 0 Å². The molecule has 7 heteroatoms. The number of rotatable bonds is 7. The van der Waals surface area contributed by atoms with Crippen molar-refractivity contribution in [3.8, 4) is 5.75 Å². The van der Waals surface area contributed by atoms with Crippen LogP contribution in [0.3, 0.4) is 0 Å². The summed E-state index contributed by atoms with van der Waals surface area (Å²) in [4.78, 5) is 41.2. The Morgan fingerprint density at radius 2 is 1.89 bits per heavy atom. The van der Waals surface area contributed by atoms with E-state index in [-0.39, 0.29) is 29.6 Å². The van der Waals surface area contributed by atoms with Crippen LogP contribution in [0.2, 0.25) is 0 Å². The summed E-state index contributed by atoms with van der Waals surface area (Å²) in [5, 5.41) is 2.38. The van der Waals surface area contributed by atoms with Gasteiger partial charge in [-0.15, -0.1) is 0 Å². The average Bonchev–Trinajstić information content (AvgIpc) is 3.43. The predicted molar refractivity (Wildman–Crippen MR) is 144 cm³/mol. The van der Waals surface area contributed by atoms with Gasteiger partial charge in [0.2, 0.25) is 11.8 Å². The lowest BCUT2D eigenvalue weighted by Gasteiger charge is -2.38. The molecule has 7 nitrogen and oxygen atoms in total. The Kier molecular flexibility index (Phi) is 6.72. The number of imide groups is 1. The van der Waals surface area contributed by atoms with Gasteiger partial charge in [0.1, 0.15) is 11.8 Å². The van der Waals surface area contributed by atoms with Crippen molar-refractivity contribution < 1.29 is 19.1 Å². The monoisotopic (exact) mass is 515 g/mol. The molecule has 2 aromatic rings. The molecule has 4 heterocycles. The topological polar surface area (TPSA) is 79.0 Å². The van der Waals surface area contributed by atoms with E-state index in [1.54, 1.807) is 4.90 Å². The fraction of sp³-hybridized carbons (Fsp3) is 0.516. The Hall–Kier alpha value is -3.19. The van der Waals surface area contributed by atoms with E-state index in [0.717, 1.165) is 69.7 Å². The number of hydrogen-bond acceptors (Lipinski definition) is 5. The first kappa shape index (κ1) is 25.1. The fourth-order valence-electron chi connectivity index (χ4n) is 6.81. The van der Waals surface area contributed by atoms with E-state index in [4.69, 9.17) is 4.74 Å². The van der Waals surface area contributed by atoms with Gasteiger partial charge in [-0.25, -0.2) is 0 Å². The van der Waals surface area contributed by atoms with Crippen LogP contribution in [0.1, 0.15) is 77.6 Å². The number of fused-ring (bicyclic) bond motifs is 3. The van der Waals surface area contributed by atoms with Crippen LogP contribution in [0.15, 0.2) is 36.4 Å². The Bertz CT molecular complexity index is 1260. The minimum atomic E-state index is -0.558. The van der Waals surface area contributed by atoms with Crippen molar-refractivity contribution in [1.82, 2.24) is 15.1 Å². The lowest BCUT2D eigenvalue weighted by atomic mass is 9.74. The number of piperidine rings is 2. The molecule has 4 aliphatic heterocycles. The van der Waals surface area contributed by atoms with Gasteiger partial charge in [0, 0.05) is 29.5 Å². The van der Waals surface area contributed by atoms with Crippen LogP contribution in [0.4, 0.5) is 0 Å². The first-order chi connectivity index (χ1) is 18.4. The molecule has 1 atom stereocenters. The van der Waals surface area contributed by atoms with Gasteiger partial charge in [-0.3, -0.25) is 19.7 Å². The molecule has 6 rings (SSSR count). The smallest absolute Gasteiger partial charge is 0.255 e. The second-order valence-corrected chi connectivity index (χ2v) is 11.6. The van der Waals surface area contributed by atoms with Crippen LogP contribution in [0.25, 0.3) is 0 Å². The van der Waals surface area contributed by atoms with Gasteiger partial charge in [0.15, 0.2) is 0 Å². The van der Waals surface area contributed by atoms with Crippen molar-refractivity contribution in [3.63, 3.8) is 0 Å². The number of aryl methyl sites for hydroxylation is 2. The van der Waals surface area contributed by atoms with Crippen LogP contribution in [0.5, 0.6) is 5.75 Å². The molecule has 200 valence electrons. The summed E-state index contributed by atoms with van der Waals surface area (Å²) in [6, 6.07) is 12.0. The Labute approximate surface area is 224 Å². The molecular weight excluding hydrogens is 478 g/mol. The molecule has 0 aliphatic carbocycles. The summed E-state index contributed by atoms with van der Waals surface area (Å²) in [6.07, 6.45) is 7.36. The molecule has 38 heavy (non-hydrogen) atoms. The zero-order valence-electron chi connectivity index (χ0n) is 22.3. The molecule has 2 fully saturated rings. The second kappa shape index (κ2) is 10.2. The molecule has 0 saturated carbocycles. The van der Waals surface area contributed by atoms with E-state index >= 15 is 0 Å². The van der Waals surface area contributed by atoms with Crippen LogP contribution in [-0.2, 0) is 28.0 Å². The van der Waals surface area contributed by atoms with Gasteiger partial charge in [-0.1, -0.05) is 36.2 Å². The highest BCUT2D eigenvalue weighted by Gasteiger charge is 2.43. The third-order valence-electron chi connectivity index (χ3n) is 9.12. The minimum Gasteiger partial charge on any atom is -0.492 e. The number of likely N-dealkylation sites (tertiary alicyclic amines) is 1. The molecule has 1 N–H and O–H groups in total. The molecular formula is C31H37N3O4. The fourth-order valence-corrected chi connectivity index (χ4v) is 6.81. The summed E-state index contributed by atoms with van der Waals surface area (Å²) >= 11 is 0. The molecule has 3 amide bonds. The van der Waals surface area contributed by atoms with Crippen molar-refractivity contribution in [2.75, 3.05) is 26.2 Å². The minimum absolute atomic E-state index is 0.0929. The lowest BCUT2D eigenvalue weighted by molar-refractivity contribution is -0.136. The number of carbonyl (C=O) groups excluding carboxylic acids is 3. The Morgan fingerprint density at radius 1 is 1.05 bits per heavy atom. The number of hydrogen-bond donors (Lipinski definition) is 1. The average molecular weight is 516 g/mol. The van der Waals surface area contributed by atoms with E-state index in [9.17, 15) is 14.4 Å². The van der Waals surface area contributed by atoms with Crippen LogP contribution >= 0.6 is 0 Å². The zero-order chi connectivity index (χ0) is 26.3. The van der Waals surface area contributed by atoms with Crippen molar-refractivity contribution in [3.05, 3.63) is 64.2 Å². The van der Waals surface area contributed by atoms with Gasteiger partial charge in [-0.05, 0) is 88.3 Å². The molecule has 2 saturated heterocycles. The Morgan fingerprint density at radius 3 is 2.71 bits per heavy atom. The molecule has 0 aromatic heterocycles. The largest absolute Gasteiger partial charge is 0.492 e. The number of benzene rings is 2. The lowest BCUT2D eigenvalue weighted by Crippen LogP contribution is -2.52. The quantitative estimate of drug-likeness (QED) is 0.447. The van der Waals surface area contributed by atoms with Crippen LogP contribution < -0.4 is 10.1 Å². The van der Waals surface area contributed by atoms with E-state index in [1.807, 2.05) is 12.1 Å². The highest BCUT2D eigenvalue weighted by atomic mass is 16.5. The van der Waals surface area contributed by atoms with E-state index < -0.39 is 6.04 Å². The first-order valence-corrected chi connectivity index (χ1v) is 14.2. The maximum atomic E-state index is 13.1. The third kappa shape index (κ3) is 4.62. The van der Waals surface area contributed by atoms with Gasteiger partial charge in [0.25, 0.3) is 5.91 Å². The molecule has 2 aromatic carbocycles. The van der Waals surface area contributed by atoms with Gasteiger partial charge in [0.05, 0.1) is 6.61 Å². The van der Waals surface area contributed by atoms with E-state index in [2.05, 4.69) is 41.4 Å². The summed E-state index contributed by atoms with van der Waals surface area (Å²) in [5.74, 6) is 0.378. The summed E-state index contributed by atoms with van der Waals surface area (Å²) in [5.41, 5.74) is 5.90. The van der Waals surface area contributed by atoms with Gasteiger partial charge >= 0.3 is 0 Å². The number of amides is 3. The maximum absolute atomic E-state index is 13.1. The molecule has 1 unspecified atom stereocenters. The predicted octanol–water partition coefficient (Wildman–Crippen LogP) is 3.90. The van der Waals surface area contributed by atoms with Gasteiger partial charge < -0.3 is 14.5 Å². The molecule has 0 radical (unpaired) electrons. The number of nitrogens with zero attached hydrogens (tertiary/aromatic N) is 2. The molecule has 1 spiro atoms. The van der Waals surface area contributed by atoms with E-state index in [0.29, 0.717) is 18.5 Å². The van der Waals surface area contributed by atoms with Crippen molar-refractivity contribution in [1.29, 1.82) is 0 Å². The Balaban J connectivity index is 0.974. The maximum Gasteiger partial charge on any atom is 0.255 e. The summed E-state index contributed by atoms with van der Waals surface area (Å²) < 4.78 is 6.05. The number of unbranched alkanes of at least 4 members (excludes halogenated alkanes) is 2. The highest BCUT2D eigenvalue weighted by Crippen LogP contribution is 2.45. The first-order valence-electron chi connectivity index (χ1n) is 14.2. The zero-order valence-corrected chi connectivity index (χ0v) is 22.3. The normalized spacial score (nSPS) is 22.4. The van der Waals surface area contributed by atoms with Crippen LogP contribution in [0, 0.1) is 6.92 Å².